The Morgan fingerprint density at radius 2 is 2.10 bits per heavy atom. The topological polar surface area (TPSA) is 38.0 Å². The SMILES string of the molecule is CCc1nn(CC)c(CC(O)c2cc(Cl)ccc2C)c1Br. The molecule has 1 aromatic heterocycles. The Balaban J connectivity index is 2.33. The van der Waals surface area contributed by atoms with Gasteiger partial charge in [-0.1, -0.05) is 24.6 Å². The number of aromatic nitrogens is 2. The lowest BCUT2D eigenvalue weighted by Crippen LogP contribution is -2.10. The summed E-state index contributed by atoms with van der Waals surface area (Å²) in [5.74, 6) is 0. The van der Waals surface area contributed by atoms with E-state index in [1.54, 1.807) is 0 Å². The first-order valence-electron chi connectivity index (χ1n) is 7.16. The molecule has 0 radical (unpaired) electrons. The maximum absolute atomic E-state index is 10.6. The number of aryl methyl sites for hydroxylation is 3. The van der Waals surface area contributed by atoms with Gasteiger partial charge in [0.2, 0.25) is 0 Å². The lowest BCUT2D eigenvalue weighted by atomic mass is 10.00. The summed E-state index contributed by atoms with van der Waals surface area (Å²) < 4.78 is 2.96. The predicted octanol–water partition coefficient (Wildman–Crippen LogP) is 4.47. The number of rotatable bonds is 5. The first-order valence-corrected chi connectivity index (χ1v) is 8.33. The van der Waals surface area contributed by atoms with Crippen LogP contribution in [0, 0.1) is 6.92 Å². The average molecular weight is 372 g/mol. The van der Waals surface area contributed by atoms with E-state index in [-0.39, 0.29) is 0 Å². The molecule has 0 aliphatic carbocycles. The number of benzene rings is 1. The van der Waals surface area contributed by atoms with Crippen LogP contribution in [0.2, 0.25) is 5.02 Å². The van der Waals surface area contributed by atoms with Gasteiger partial charge in [-0.05, 0) is 59.5 Å². The molecule has 0 bridgehead atoms. The fourth-order valence-electron chi connectivity index (χ4n) is 2.48. The number of nitrogens with zero attached hydrogens (tertiary/aromatic N) is 2. The smallest absolute Gasteiger partial charge is 0.0848 e. The van der Waals surface area contributed by atoms with Gasteiger partial charge in [0.15, 0.2) is 0 Å². The van der Waals surface area contributed by atoms with E-state index in [0.29, 0.717) is 11.4 Å². The maximum atomic E-state index is 10.6. The van der Waals surface area contributed by atoms with Crippen molar-refractivity contribution in [1.29, 1.82) is 0 Å². The highest BCUT2D eigenvalue weighted by Gasteiger charge is 2.19. The molecule has 1 unspecified atom stereocenters. The fourth-order valence-corrected chi connectivity index (χ4v) is 3.38. The third kappa shape index (κ3) is 3.50. The van der Waals surface area contributed by atoms with E-state index in [2.05, 4.69) is 34.9 Å². The number of hydrogen-bond acceptors (Lipinski definition) is 2. The minimum atomic E-state index is -0.591. The third-order valence-corrected chi connectivity index (χ3v) is 4.83. The Morgan fingerprint density at radius 3 is 2.71 bits per heavy atom. The van der Waals surface area contributed by atoms with Gasteiger partial charge in [0, 0.05) is 18.0 Å². The molecule has 0 fully saturated rings. The molecule has 0 aliphatic rings. The summed E-state index contributed by atoms with van der Waals surface area (Å²) in [6.07, 6.45) is 0.793. The highest BCUT2D eigenvalue weighted by Crippen LogP contribution is 2.29. The van der Waals surface area contributed by atoms with Gasteiger partial charge in [-0.15, -0.1) is 0 Å². The highest BCUT2D eigenvalue weighted by atomic mass is 79.9. The molecule has 21 heavy (non-hydrogen) atoms. The molecule has 114 valence electrons. The van der Waals surface area contributed by atoms with E-state index in [1.165, 1.54) is 0 Å². The molecule has 5 heteroatoms. The van der Waals surface area contributed by atoms with Crippen molar-refractivity contribution in [2.24, 2.45) is 0 Å². The van der Waals surface area contributed by atoms with Crippen molar-refractivity contribution in [3.63, 3.8) is 0 Å². The molecule has 2 aromatic rings. The van der Waals surface area contributed by atoms with Crippen LogP contribution in [0.15, 0.2) is 22.7 Å². The van der Waals surface area contributed by atoms with Crippen LogP contribution in [0.1, 0.15) is 42.5 Å². The van der Waals surface area contributed by atoms with Gasteiger partial charge in [0.25, 0.3) is 0 Å². The van der Waals surface area contributed by atoms with E-state index in [1.807, 2.05) is 29.8 Å². The molecule has 1 aromatic carbocycles. The molecule has 1 atom stereocenters. The molecule has 2 rings (SSSR count). The van der Waals surface area contributed by atoms with Crippen molar-refractivity contribution in [2.75, 3.05) is 0 Å². The van der Waals surface area contributed by atoms with Crippen LogP contribution in [-0.2, 0) is 19.4 Å². The lowest BCUT2D eigenvalue weighted by Gasteiger charge is -2.15. The quantitative estimate of drug-likeness (QED) is 0.842. The fraction of sp³-hybridized carbons (Fsp3) is 0.438. The molecule has 0 amide bonds. The summed E-state index contributed by atoms with van der Waals surface area (Å²) in [6, 6.07) is 5.61. The number of aliphatic hydroxyl groups is 1. The van der Waals surface area contributed by atoms with E-state index in [0.717, 1.165) is 40.0 Å². The van der Waals surface area contributed by atoms with Gasteiger partial charge in [0.1, 0.15) is 0 Å². The van der Waals surface area contributed by atoms with Gasteiger partial charge >= 0.3 is 0 Å². The lowest BCUT2D eigenvalue weighted by molar-refractivity contribution is 0.174. The van der Waals surface area contributed by atoms with Crippen molar-refractivity contribution in [1.82, 2.24) is 9.78 Å². The first kappa shape index (κ1) is 16.5. The highest BCUT2D eigenvalue weighted by molar-refractivity contribution is 9.10. The van der Waals surface area contributed by atoms with Crippen LogP contribution >= 0.6 is 27.5 Å². The Kier molecular flexibility index (Phi) is 5.47. The molecule has 3 nitrogen and oxygen atoms in total. The van der Waals surface area contributed by atoms with E-state index in [4.69, 9.17) is 11.6 Å². The van der Waals surface area contributed by atoms with Crippen LogP contribution in [0.5, 0.6) is 0 Å². The largest absolute Gasteiger partial charge is 0.388 e. The second-order valence-electron chi connectivity index (χ2n) is 5.10. The molecular weight excluding hydrogens is 352 g/mol. The molecule has 1 N–H and O–H groups in total. The van der Waals surface area contributed by atoms with Crippen LogP contribution in [0.25, 0.3) is 0 Å². The maximum Gasteiger partial charge on any atom is 0.0848 e. The van der Waals surface area contributed by atoms with Gasteiger partial charge < -0.3 is 5.11 Å². The second kappa shape index (κ2) is 6.95. The first-order chi connectivity index (χ1) is 9.97. The van der Waals surface area contributed by atoms with Crippen LogP contribution in [0.4, 0.5) is 0 Å². The van der Waals surface area contributed by atoms with Crippen molar-refractivity contribution < 1.29 is 5.11 Å². The normalized spacial score (nSPS) is 12.7. The van der Waals surface area contributed by atoms with Crippen LogP contribution in [0.3, 0.4) is 0 Å². The minimum absolute atomic E-state index is 0.516. The van der Waals surface area contributed by atoms with E-state index in [9.17, 15) is 5.11 Å². The number of halogens is 2. The predicted molar refractivity (Wildman–Crippen MR) is 89.8 cm³/mol. The van der Waals surface area contributed by atoms with Gasteiger partial charge in [-0.25, -0.2) is 0 Å². The molecule has 0 aliphatic heterocycles. The van der Waals surface area contributed by atoms with Crippen molar-refractivity contribution in [2.45, 2.75) is 46.3 Å². The van der Waals surface area contributed by atoms with Gasteiger partial charge in [-0.2, -0.15) is 5.10 Å². The van der Waals surface area contributed by atoms with E-state index < -0.39 is 6.10 Å². The second-order valence-corrected chi connectivity index (χ2v) is 6.33. The van der Waals surface area contributed by atoms with Crippen molar-refractivity contribution in [3.05, 3.63) is 50.2 Å². The summed E-state index contributed by atoms with van der Waals surface area (Å²) in [6.45, 7) is 6.90. The molecule has 0 spiro atoms. The van der Waals surface area contributed by atoms with Gasteiger partial charge in [0.05, 0.1) is 22.0 Å². The summed E-state index contributed by atoms with van der Waals surface area (Å²) in [7, 11) is 0. The Bertz CT molecular complexity index is 639. The molecule has 1 heterocycles. The monoisotopic (exact) mass is 370 g/mol. The summed E-state index contributed by atoms with van der Waals surface area (Å²) in [5, 5.41) is 15.8. The number of aliphatic hydroxyl groups excluding tert-OH is 1. The van der Waals surface area contributed by atoms with Crippen LogP contribution in [-0.4, -0.2) is 14.9 Å². The average Bonchev–Trinajstić information content (AvgIpc) is 2.77. The van der Waals surface area contributed by atoms with E-state index >= 15 is 0 Å². The summed E-state index contributed by atoms with van der Waals surface area (Å²) in [5.41, 5.74) is 3.97. The molecular formula is C16H20BrClN2O. The Labute approximate surface area is 139 Å². The zero-order chi connectivity index (χ0) is 15.6. The molecule has 0 saturated carbocycles. The Hall–Kier alpha value is -0.840. The zero-order valence-electron chi connectivity index (χ0n) is 12.5. The minimum Gasteiger partial charge on any atom is -0.388 e. The van der Waals surface area contributed by atoms with Crippen molar-refractivity contribution >= 4 is 27.5 Å². The van der Waals surface area contributed by atoms with Gasteiger partial charge in [-0.3, -0.25) is 4.68 Å². The summed E-state index contributed by atoms with van der Waals surface area (Å²) >= 11 is 9.66. The third-order valence-electron chi connectivity index (χ3n) is 3.68. The standard InChI is InChI=1S/C16H20BrClN2O/c1-4-13-16(17)14(20(5-2)19-13)9-15(21)12-8-11(18)7-6-10(12)3/h6-8,15,21H,4-5,9H2,1-3H3. The van der Waals surface area contributed by atoms with Crippen molar-refractivity contribution in [3.8, 4) is 0 Å². The summed E-state index contributed by atoms with van der Waals surface area (Å²) in [4.78, 5) is 0. The zero-order valence-corrected chi connectivity index (χ0v) is 14.9. The Morgan fingerprint density at radius 1 is 1.38 bits per heavy atom. The molecule has 0 saturated heterocycles. The number of hydrogen-bond donors (Lipinski definition) is 1. The van der Waals surface area contributed by atoms with Crippen LogP contribution < -0.4 is 0 Å².